The molecule has 0 spiro atoms. The molecule has 0 unspecified atom stereocenters. The number of anilines is 1. The van der Waals surface area contributed by atoms with Crippen LogP contribution in [0.3, 0.4) is 0 Å². The molecule has 1 aliphatic rings. The predicted molar refractivity (Wildman–Crippen MR) is 91.3 cm³/mol. The van der Waals surface area contributed by atoms with Crippen molar-refractivity contribution in [3.8, 4) is 6.07 Å². The average molecular weight is 343 g/mol. The fraction of sp³-hybridized carbons (Fsp3) is 0.471. The minimum Gasteiger partial charge on any atom is -0.383 e. The molecular formula is C17H21N5O3. The minimum absolute atomic E-state index is 0.0921. The summed E-state index contributed by atoms with van der Waals surface area (Å²) in [4.78, 5) is 14.4. The molecule has 1 fully saturated rings. The molecule has 1 N–H and O–H groups in total. The molecule has 2 aromatic rings. The van der Waals surface area contributed by atoms with E-state index < -0.39 is 6.10 Å². The summed E-state index contributed by atoms with van der Waals surface area (Å²) in [5.41, 5.74) is 2.24. The van der Waals surface area contributed by atoms with Crippen molar-refractivity contribution in [1.29, 1.82) is 5.26 Å². The molecule has 0 aromatic carbocycles. The SMILES string of the molecule is COCCNC(=O)[C@H]1CN(c2ccc(C#N)n3nccc23)C[C@@H](C)O1. The molecule has 0 bridgehead atoms. The lowest BCUT2D eigenvalue weighted by Gasteiger charge is -2.37. The largest absolute Gasteiger partial charge is 0.383 e. The van der Waals surface area contributed by atoms with Crippen LogP contribution in [-0.4, -0.2) is 61.1 Å². The number of methoxy groups -OCH3 is 1. The van der Waals surface area contributed by atoms with Crippen LogP contribution >= 0.6 is 0 Å². The second-order valence-electron chi connectivity index (χ2n) is 5.97. The van der Waals surface area contributed by atoms with Gasteiger partial charge in [0.05, 0.1) is 36.7 Å². The van der Waals surface area contributed by atoms with E-state index in [4.69, 9.17) is 9.47 Å². The second-order valence-corrected chi connectivity index (χ2v) is 5.97. The van der Waals surface area contributed by atoms with Crippen LogP contribution in [0.2, 0.25) is 0 Å². The predicted octanol–water partition coefficient (Wildman–Crippen LogP) is 0.562. The monoisotopic (exact) mass is 343 g/mol. The first-order chi connectivity index (χ1) is 12.1. The Morgan fingerprint density at radius 2 is 2.32 bits per heavy atom. The van der Waals surface area contributed by atoms with Crippen LogP contribution in [-0.2, 0) is 14.3 Å². The normalized spacial score (nSPS) is 20.4. The third-order valence-electron chi connectivity index (χ3n) is 4.15. The maximum absolute atomic E-state index is 12.3. The van der Waals surface area contributed by atoms with Crippen molar-refractivity contribution in [1.82, 2.24) is 14.9 Å². The van der Waals surface area contributed by atoms with Crippen LogP contribution in [0.25, 0.3) is 5.52 Å². The smallest absolute Gasteiger partial charge is 0.251 e. The van der Waals surface area contributed by atoms with E-state index in [9.17, 15) is 10.1 Å². The van der Waals surface area contributed by atoms with Gasteiger partial charge in [0.2, 0.25) is 0 Å². The van der Waals surface area contributed by atoms with E-state index in [0.29, 0.717) is 31.9 Å². The molecule has 0 aliphatic carbocycles. The summed E-state index contributed by atoms with van der Waals surface area (Å²) in [6, 6.07) is 7.63. The number of morpholine rings is 1. The first-order valence-electron chi connectivity index (χ1n) is 8.18. The third-order valence-corrected chi connectivity index (χ3v) is 4.15. The van der Waals surface area contributed by atoms with Crippen molar-refractivity contribution in [2.45, 2.75) is 19.1 Å². The summed E-state index contributed by atoms with van der Waals surface area (Å²) in [7, 11) is 1.59. The summed E-state index contributed by atoms with van der Waals surface area (Å²) in [6.07, 6.45) is 1.02. The van der Waals surface area contributed by atoms with E-state index >= 15 is 0 Å². The molecule has 8 heteroatoms. The number of hydrogen-bond donors (Lipinski definition) is 1. The molecule has 2 aromatic heterocycles. The van der Waals surface area contributed by atoms with Crippen molar-refractivity contribution in [2.75, 3.05) is 38.3 Å². The Morgan fingerprint density at radius 3 is 3.08 bits per heavy atom. The maximum Gasteiger partial charge on any atom is 0.251 e. The number of amides is 1. The maximum atomic E-state index is 12.3. The number of nitrogens with one attached hydrogen (secondary N) is 1. The van der Waals surface area contributed by atoms with Gasteiger partial charge in [-0.05, 0) is 25.1 Å². The Kier molecular flexibility index (Phi) is 5.16. The van der Waals surface area contributed by atoms with Crippen LogP contribution in [0.15, 0.2) is 24.4 Å². The summed E-state index contributed by atoms with van der Waals surface area (Å²) in [5, 5.41) is 16.2. The number of aromatic nitrogens is 2. The summed E-state index contributed by atoms with van der Waals surface area (Å²) < 4.78 is 12.4. The van der Waals surface area contributed by atoms with E-state index in [1.54, 1.807) is 23.9 Å². The van der Waals surface area contributed by atoms with Gasteiger partial charge in [0.15, 0.2) is 6.10 Å². The number of nitriles is 1. The number of pyridine rings is 1. The highest BCUT2D eigenvalue weighted by molar-refractivity contribution is 5.82. The van der Waals surface area contributed by atoms with Crippen LogP contribution in [0.5, 0.6) is 0 Å². The Hall–Kier alpha value is -2.63. The molecule has 132 valence electrons. The zero-order chi connectivity index (χ0) is 17.8. The van der Waals surface area contributed by atoms with Crippen LogP contribution in [0.4, 0.5) is 5.69 Å². The molecule has 3 rings (SSSR count). The van der Waals surface area contributed by atoms with E-state index in [2.05, 4.69) is 21.4 Å². The average Bonchev–Trinajstić information content (AvgIpc) is 3.10. The van der Waals surface area contributed by atoms with Gasteiger partial charge in [-0.2, -0.15) is 10.4 Å². The van der Waals surface area contributed by atoms with Gasteiger partial charge in [0, 0.05) is 20.2 Å². The van der Waals surface area contributed by atoms with Gasteiger partial charge in [-0.25, -0.2) is 4.52 Å². The zero-order valence-electron chi connectivity index (χ0n) is 14.3. The van der Waals surface area contributed by atoms with Crippen molar-refractivity contribution in [2.24, 2.45) is 0 Å². The summed E-state index contributed by atoms with van der Waals surface area (Å²) >= 11 is 0. The van der Waals surface area contributed by atoms with Crippen molar-refractivity contribution >= 4 is 17.1 Å². The van der Waals surface area contributed by atoms with Gasteiger partial charge in [-0.3, -0.25) is 4.79 Å². The Balaban J connectivity index is 1.82. The molecule has 1 amide bonds. The second kappa shape index (κ2) is 7.51. The number of fused-ring (bicyclic) bond motifs is 1. The van der Waals surface area contributed by atoms with Crippen molar-refractivity contribution in [3.05, 3.63) is 30.1 Å². The number of ether oxygens (including phenoxy) is 2. The van der Waals surface area contributed by atoms with E-state index in [0.717, 1.165) is 11.2 Å². The van der Waals surface area contributed by atoms with Crippen LogP contribution < -0.4 is 10.2 Å². The number of rotatable bonds is 5. The fourth-order valence-corrected chi connectivity index (χ4v) is 3.04. The first kappa shape index (κ1) is 17.2. The van der Waals surface area contributed by atoms with Gasteiger partial charge in [-0.15, -0.1) is 0 Å². The lowest BCUT2D eigenvalue weighted by Crippen LogP contribution is -2.53. The van der Waals surface area contributed by atoms with Gasteiger partial charge in [0.1, 0.15) is 11.8 Å². The van der Waals surface area contributed by atoms with Crippen molar-refractivity contribution < 1.29 is 14.3 Å². The first-order valence-corrected chi connectivity index (χ1v) is 8.18. The van der Waals surface area contributed by atoms with E-state index in [1.165, 1.54) is 0 Å². The highest BCUT2D eigenvalue weighted by atomic mass is 16.5. The van der Waals surface area contributed by atoms with Gasteiger partial charge in [0.25, 0.3) is 5.91 Å². The van der Waals surface area contributed by atoms with E-state index in [-0.39, 0.29) is 12.0 Å². The van der Waals surface area contributed by atoms with Gasteiger partial charge < -0.3 is 19.7 Å². The third kappa shape index (κ3) is 3.57. The van der Waals surface area contributed by atoms with Gasteiger partial charge >= 0.3 is 0 Å². The molecule has 3 heterocycles. The number of hydrogen-bond acceptors (Lipinski definition) is 6. The summed E-state index contributed by atoms with van der Waals surface area (Å²) in [6.45, 7) is 3.96. The lowest BCUT2D eigenvalue weighted by molar-refractivity contribution is -0.137. The number of nitrogens with zero attached hydrogens (tertiary/aromatic N) is 4. The quantitative estimate of drug-likeness (QED) is 0.798. The molecule has 2 atom stereocenters. The summed E-state index contributed by atoms with van der Waals surface area (Å²) in [5.74, 6) is -0.147. The highest BCUT2D eigenvalue weighted by Crippen LogP contribution is 2.26. The topological polar surface area (TPSA) is 91.9 Å². The molecule has 0 radical (unpaired) electrons. The Labute approximate surface area is 145 Å². The molecule has 25 heavy (non-hydrogen) atoms. The van der Waals surface area contributed by atoms with E-state index in [1.807, 2.05) is 19.1 Å². The zero-order valence-corrected chi connectivity index (χ0v) is 14.3. The molecule has 8 nitrogen and oxygen atoms in total. The molecule has 0 saturated carbocycles. The lowest BCUT2D eigenvalue weighted by atomic mass is 10.1. The van der Waals surface area contributed by atoms with Gasteiger partial charge in [-0.1, -0.05) is 0 Å². The Morgan fingerprint density at radius 1 is 1.48 bits per heavy atom. The number of carbonyl (C=O) groups excluding carboxylic acids is 1. The van der Waals surface area contributed by atoms with Crippen LogP contribution in [0, 0.1) is 11.3 Å². The number of carbonyl (C=O) groups is 1. The molecular weight excluding hydrogens is 322 g/mol. The van der Waals surface area contributed by atoms with Crippen molar-refractivity contribution in [3.63, 3.8) is 0 Å². The highest BCUT2D eigenvalue weighted by Gasteiger charge is 2.31. The Bertz CT molecular complexity index is 797. The van der Waals surface area contributed by atoms with Crippen LogP contribution in [0.1, 0.15) is 12.6 Å². The fourth-order valence-electron chi connectivity index (χ4n) is 3.04. The standard InChI is InChI=1S/C17H21N5O3/c1-12-10-21(11-16(25-12)17(23)19-7-8-24-2)14-4-3-13(9-18)22-15(14)5-6-20-22/h3-6,12,16H,7-8,10-11H2,1-2H3,(H,19,23)/t12-,16-/m1/s1. The molecule has 1 aliphatic heterocycles. The molecule has 1 saturated heterocycles. The minimum atomic E-state index is -0.556.